The molecule has 80 valence electrons. The molecule has 0 heteroatoms. The van der Waals surface area contributed by atoms with Crippen LogP contribution in [0, 0.1) is 0 Å². The quantitative estimate of drug-likeness (QED) is 0.473. The fourth-order valence-corrected chi connectivity index (χ4v) is 1.91. The molecule has 1 rings (SSSR count). The minimum absolute atomic E-state index is 1.14. The van der Waals surface area contributed by atoms with Crippen LogP contribution >= 0.6 is 0 Å². The summed E-state index contributed by atoms with van der Waals surface area (Å²) in [6, 6.07) is 0. The van der Waals surface area contributed by atoms with Crippen molar-refractivity contribution in [3.05, 3.63) is 24.3 Å². The third kappa shape index (κ3) is 6.94. The normalized spacial score (nSPS) is 24.0. The molecule has 0 nitrogen and oxygen atoms in total. The maximum Gasteiger partial charge on any atom is -0.0169 e. The van der Waals surface area contributed by atoms with E-state index in [4.69, 9.17) is 0 Å². The first-order chi connectivity index (χ1) is 7.00. The molecule has 0 saturated heterocycles. The minimum atomic E-state index is 1.14. The summed E-state index contributed by atoms with van der Waals surface area (Å²) < 4.78 is 0. The van der Waals surface area contributed by atoms with Gasteiger partial charge >= 0.3 is 0 Å². The predicted octanol–water partition coefficient (Wildman–Crippen LogP) is 5.01. The maximum atomic E-state index is 2.34. The van der Waals surface area contributed by atoms with Crippen molar-refractivity contribution < 1.29 is 0 Å². The summed E-state index contributed by atoms with van der Waals surface area (Å²) in [7, 11) is 0. The zero-order chi connectivity index (χ0) is 9.90. The number of rotatable bonds is 0. The van der Waals surface area contributed by atoms with Gasteiger partial charge in [-0.25, -0.2) is 0 Å². The minimum Gasteiger partial charge on any atom is -0.0882 e. The average molecular weight is 192 g/mol. The van der Waals surface area contributed by atoms with Crippen LogP contribution in [0.4, 0.5) is 0 Å². The van der Waals surface area contributed by atoms with Gasteiger partial charge in [0, 0.05) is 0 Å². The van der Waals surface area contributed by atoms with Crippen LogP contribution in [0.2, 0.25) is 0 Å². The Morgan fingerprint density at radius 3 is 1.36 bits per heavy atom. The Balaban J connectivity index is 2.17. The first-order valence-electron chi connectivity index (χ1n) is 6.30. The van der Waals surface area contributed by atoms with Crippen LogP contribution in [-0.2, 0) is 0 Å². The van der Waals surface area contributed by atoms with Gasteiger partial charge in [0.2, 0.25) is 0 Å². The molecular formula is C14H24. The van der Waals surface area contributed by atoms with E-state index in [2.05, 4.69) is 24.3 Å². The van der Waals surface area contributed by atoms with E-state index in [0.717, 1.165) is 6.42 Å². The van der Waals surface area contributed by atoms with E-state index in [-0.39, 0.29) is 0 Å². The molecule has 0 aromatic heterocycles. The van der Waals surface area contributed by atoms with Crippen LogP contribution in [0.25, 0.3) is 0 Å². The Morgan fingerprint density at radius 2 is 0.857 bits per heavy atom. The van der Waals surface area contributed by atoms with Crippen molar-refractivity contribution in [3.63, 3.8) is 0 Å². The molecule has 0 fully saturated rings. The third-order valence-corrected chi connectivity index (χ3v) is 2.85. The summed E-state index contributed by atoms with van der Waals surface area (Å²) in [5, 5.41) is 0. The van der Waals surface area contributed by atoms with Gasteiger partial charge in [0.05, 0.1) is 0 Å². The van der Waals surface area contributed by atoms with Crippen molar-refractivity contribution in [3.8, 4) is 0 Å². The van der Waals surface area contributed by atoms with Crippen molar-refractivity contribution in [2.45, 2.75) is 64.2 Å². The van der Waals surface area contributed by atoms with Crippen LogP contribution in [0.15, 0.2) is 24.3 Å². The first kappa shape index (κ1) is 11.6. The topological polar surface area (TPSA) is 0 Å². The average Bonchev–Trinajstić information content (AvgIpc) is 2.22. The standard InChI is InChI=1S/C14H24/c1-2-4-6-8-10-12-14-13-11-9-7-5-3-1/h1-2,5,7H,3-4,6,8-14H2/b2-1-,7-5?. The molecular weight excluding hydrogens is 168 g/mol. The van der Waals surface area contributed by atoms with Crippen LogP contribution in [0.1, 0.15) is 64.2 Å². The van der Waals surface area contributed by atoms with Gasteiger partial charge in [-0.05, 0) is 32.1 Å². The van der Waals surface area contributed by atoms with Gasteiger partial charge in [0.1, 0.15) is 0 Å². The predicted molar refractivity (Wildman–Crippen MR) is 64.5 cm³/mol. The molecule has 1 aliphatic carbocycles. The lowest BCUT2D eigenvalue weighted by Gasteiger charge is -2.00. The monoisotopic (exact) mass is 192 g/mol. The van der Waals surface area contributed by atoms with Gasteiger partial charge in [-0.1, -0.05) is 56.4 Å². The lowest BCUT2D eigenvalue weighted by atomic mass is 10.1. The van der Waals surface area contributed by atoms with E-state index in [0.29, 0.717) is 0 Å². The molecule has 14 heavy (non-hydrogen) atoms. The second-order valence-corrected chi connectivity index (χ2v) is 4.23. The van der Waals surface area contributed by atoms with E-state index >= 15 is 0 Å². The molecule has 0 N–H and O–H groups in total. The first-order valence-corrected chi connectivity index (χ1v) is 6.30. The van der Waals surface area contributed by atoms with Gasteiger partial charge in [-0.3, -0.25) is 0 Å². The molecule has 0 aromatic carbocycles. The van der Waals surface area contributed by atoms with Gasteiger partial charge in [0.15, 0.2) is 0 Å². The number of allylic oxidation sites excluding steroid dienone is 4. The summed E-state index contributed by atoms with van der Waals surface area (Å²) in [6.07, 6.45) is 23.0. The van der Waals surface area contributed by atoms with Crippen molar-refractivity contribution >= 4 is 0 Å². The SMILES string of the molecule is C1=CCCCCCCCCC/C=C\C1. The van der Waals surface area contributed by atoms with Gasteiger partial charge < -0.3 is 0 Å². The van der Waals surface area contributed by atoms with Crippen LogP contribution in [-0.4, -0.2) is 0 Å². The second kappa shape index (κ2) is 9.05. The van der Waals surface area contributed by atoms with Gasteiger partial charge in [-0.2, -0.15) is 0 Å². The van der Waals surface area contributed by atoms with Crippen LogP contribution in [0.5, 0.6) is 0 Å². The Morgan fingerprint density at radius 1 is 0.429 bits per heavy atom. The Kier molecular flexibility index (Phi) is 7.47. The van der Waals surface area contributed by atoms with E-state index < -0.39 is 0 Å². The molecule has 0 aliphatic heterocycles. The highest BCUT2D eigenvalue weighted by molar-refractivity contribution is 4.92. The zero-order valence-corrected chi connectivity index (χ0v) is 9.38. The molecule has 0 amide bonds. The Hall–Kier alpha value is -0.520. The smallest absolute Gasteiger partial charge is 0.0169 e. The van der Waals surface area contributed by atoms with Crippen molar-refractivity contribution in [2.24, 2.45) is 0 Å². The highest BCUT2D eigenvalue weighted by Gasteiger charge is 1.91. The molecule has 0 heterocycles. The van der Waals surface area contributed by atoms with Crippen LogP contribution < -0.4 is 0 Å². The Labute approximate surface area is 89.1 Å². The van der Waals surface area contributed by atoms with E-state index in [1.54, 1.807) is 0 Å². The number of hydrogen-bond donors (Lipinski definition) is 0. The number of hydrogen-bond acceptors (Lipinski definition) is 0. The lowest BCUT2D eigenvalue weighted by molar-refractivity contribution is 0.583. The summed E-state index contributed by atoms with van der Waals surface area (Å²) in [6.45, 7) is 0. The van der Waals surface area contributed by atoms with Crippen molar-refractivity contribution in [1.29, 1.82) is 0 Å². The Bertz CT molecular complexity index is 147. The molecule has 1 aliphatic rings. The zero-order valence-electron chi connectivity index (χ0n) is 9.38. The van der Waals surface area contributed by atoms with Crippen LogP contribution in [0.3, 0.4) is 0 Å². The maximum absolute atomic E-state index is 2.34. The van der Waals surface area contributed by atoms with Gasteiger partial charge in [0.25, 0.3) is 0 Å². The summed E-state index contributed by atoms with van der Waals surface area (Å²) in [5.41, 5.74) is 0. The molecule has 0 aromatic rings. The summed E-state index contributed by atoms with van der Waals surface area (Å²) in [4.78, 5) is 0. The second-order valence-electron chi connectivity index (χ2n) is 4.23. The molecule has 0 atom stereocenters. The molecule has 0 bridgehead atoms. The highest BCUT2D eigenvalue weighted by atomic mass is 14.0. The molecule has 0 radical (unpaired) electrons. The fourth-order valence-electron chi connectivity index (χ4n) is 1.91. The summed E-state index contributed by atoms with van der Waals surface area (Å²) in [5.74, 6) is 0. The van der Waals surface area contributed by atoms with Crippen molar-refractivity contribution in [2.75, 3.05) is 0 Å². The third-order valence-electron chi connectivity index (χ3n) is 2.85. The largest absolute Gasteiger partial charge is 0.0882 e. The van der Waals surface area contributed by atoms with E-state index in [1.807, 2.05) is 0 Å². The van der Waals surface area contributed by atoms with E-state index in [1.165, 1.54) is 57.8 Å². The molecule has 0 spiro atoms. The van der Waals surface area contributed by atoms with Gasteiger partial charge in [-0.15, -0.1) is 0 Å². The lowest BCUT2D eigenvalue weighted by Crippen LogP contribution is -1.81. The van der Waals surface area contributed by atoms with Crippen molar-refractivity contribution in [1.82, 2.24) is 0 Å². The summed E-state index contributed by atoms with van der Waals surface area (Å²) >= 11 is 0. The fraction of sp³-hybridized carbons (Fsp3) is 0.714. The highest BCUT2D eigenvalue weighted by Crippen LogP contribution is 2.11. The molecule has 0 saturated carbocycles. The molecule has 0 unspecified atom stereocenters. The van der Waals surface area contributed by atoms with E-state index in [9.17, 15) is 0 Å².